The molecule has 9 heteroatoms. The number of hydrazine groups is 1. The number of likely N-dealkylation sites (N-methyl/N-ethyl adjacent to an activating group) is 1. The molecule has 0 bridgehead atoms. The van der Waals surface area contributed by atoms with Crippen LogP contribution in [-0.4, -0.2) is 77.1 Å². The van der Waals surface area contributed by atoms with Gasteiger partial charge in [-0.2, -0.15) is 0 Å². The van der Waals surface area contributed by atoms with Crippen molar-refractivity contribution >= 4 is 17.8 Å². The first-order valence-electron chi connectivity index (χ1n) is 12.8. The van der Waals surface area contributed by atoms with Gasteiger partial charge in [0.1, 0.15) is 18.0 Å². The average molecular weight is 508 g/mol. The number of benzene rings is 2. The Kier molecular flexibility index (Phi) is 8.02. The van der Waals surface area contributed by atoms with E-state index < -0.39 is 12.2 Å². The van der Waals surface area contributed by atoms with E-state index in [1.54, 1.807) is 29.1 Å². The number of fused-ring (bicyclic) bond motifs is 1. The molecule has 4 amide bonds. The second-order valence-electron chi connectivity index (χ2n) is 10.2. The van der Waals surface area contributed by atoms with E-state index in [4.69, 9.17) is 4.74 Å². The lowest BCUT2D eigenvalue weighted by Gasteiger charge is -2.55. The van der Waals surface area contributed by atoms with Gasteiger partial charge in [0.15, 0.2) is 0 Å². The molecule has 2 aliphatic rings. The zero-order chi connectivity index (χ0) is 26.7. The molecule has 0 aromatic heterocycles. The molecule has 2 aliphatic heterocycles. The quantitative estimate of drug-likeness (QED) is 0.622. The van der Waals surface area contributed by atoms with Crippen LogP contribution in [0, 0.1) is 5.92 Å². The van der Waals surface area contributed by atoms with Gasteiger partial charge in [-0.05, 0) is 42.5 Å². The lowest BCUT2D eigenvalue weighted by atomic mass is 9.95. The van der Waals surface area contributed by atoms with Crippen LogP contribution in [0.25, 0.3) is 0 Å². The summed E-state index contributed by atoms with van der Waals surface area (Å²) in [6, 6.07) is 16.2. The van der Waals surface area contributed by atoms with E-state index in [2.05, 4.69) is 5.32 Å². The fourth-order valence-electron chi connectivity index (χ4n) is 5.20. The first-order valence-corrected chi connectivity index (χ1v) is 12.8. The third-order valence-electron chi connectivity index (χ3n) is 7.14. The van der Waals surface area contributed by atoms with Gasteiger partial charge in [0.2, 0.25) is 11.8 Å². The molecule has 2 heterocycles. The molecular formula is C28H37N5O4. The van der Waals surface area contributed by atoms with Crippen LogP contribution in [0.3, 0.4) is 0 Å². The summed E-state index contributed by atoms with van der Waals surface area (Å²) in [5.74, 6) is 0.734. The number of nitrogens with zero attached hydrogens (tertiary/aromatic N) is 4. The molecule has 2 aromatic carbocycles. The highest BCUT2D eigenvalue weighted by atomic mass is 16.5. The van der Waals surface area contributed by atoms with E-state index in [0.29, 0.717) is 13.0 Å². The third-order valence-corrected chi connectivity index (χ3v) is 7.14. The van der Waals surface area contributed by atoms with Crippen molar-refractivity contribution in [2.75, 3.05) is 27.2 Å². The van der Waals surface area contributed by atoms with Gasteiger partial charge in [-0.3, -0.25) is 9.59 Å². The van der Waals surface area contributed by atoms with E-state index in [9.17, 15) is 14.4 Å². The molecule has 0 aliphatic carbocycles. The Labute approximate surface area is 218 Å². The normalized spacial score (nSPS) is 21.2. The van der Waals surface area contributed by atoms with Crippen molar-refractivity contribution in [3.05, 3.63) is 65.7 Å². The maximum absolute atomic E-state index is 13.8. The van der Waals surface area contributed by atoms with E-state index in [0.717, 1.165) is 16.9 Å². The molecule has 0 spiro atoms. The number of carbonyl (C=O) groups excluding carboxylic acids is 3. The third kappa shape index (κ3) is 5.56. The van der Waals surface area contributed by atoms with Crippen LogP contribution in [0.1, 0.15) is 44.4 Å². The lowest BCUT2D eigenvalue weighted by molar-refractivity contribution is -0.190. The van der Waals surface area contributed by atoms with E-state index in [1.165, 1.54) is 0 Å². The van der Waals surface area contributed by atoms with Crippen LogP contribution < -0.4 is 10.1 Å². The lowest BCUT2D eigenvalue weighted by Crippen LogP contribution is -2.76. The molecule has 2 aromatic rings. The minimum Gasteiger partial charge on any atom is -0.497 e. The standard InChI is InChI=1S/C28H37N5O4/c1-19(2)15-24-27(35)31(20(3)22-9-7-6-8-10-22)17-25-32(24)26(34)18-30(4)33(25)28(36)29-16-21-11-13-23(37-5)14-12-21/h6-14,19-20,24-25H,15-18H2,1-5H3,(H,29,36). The topological polar surface area (TPSA) is 85.4 Å². The molecule has 0 saturated carbocycles. The molecule has 37 heavy (non-hydrogen) atoms. The van der Waals surface area contributed by atoms with Gasteiger partial charge < -0.3 is 19.9 Å². The molecule has 1 N–H and O–H groups in total. The van der Waals surface area contributed by atoms with Crippen molar-refractivity contribution in [3.63, 3.8) is 0 Å². The van der Waals surface area contributed by atoms with Gasteiger partial charge in [0.05, 0.1) is 26.2 Å². The van der Waals surface area contributed by atoms with Crippen LogP contribution in [0.5, 0.6) is 5.75 Å². The molecule has 9 nitrogen and oxygen atoms in total. The SMILES string of the molecule is COc1ccc(CNC(=O)N2C3CN(C(C)c4ccccc4)C(=O)C(CC(C)C)N3C(=O)CN2C)cc1. The van der Waals surface area contributed by atoms with Crippen LogP contribution in [0.15, 0.2) is 54.6 Å². The first-order chi connectivity index (χ1) is 17.7. The molecule has 198 valence electrons. The number of nitrogens with one attached hydrogen (secondary N) is 1. The number of methoxy groups -OCH3 is 1. The number of urea groups is 1. The van der Waals surface area contributed by atoms with E-state index in [1.807, 2.05) is 80.3 Å². The summed E-state index contributed by atoms with van der Waals surface area (Å²) in [6.45, 7) is 6.67. The number of hydrogen-bond donors (Lipinski definition) is 1. The predicted octanol–water partition coefficient (Wildman–Crippen LogP) is 3.24. The van der Waals surface area contributed by atoms with Gasteiger partial charge in [-0.15, -0.1) is 0 Å². The van der Waals surface area contributed by atoms with Gasteiger partial charge >= 0.3 is 6.03 Å². The largest absolute Gasteiger partial charge is 0.497 e. The van der Waals surface area contributed by atoms with Crippen molar-refractivity contribution in [2.45, 2.75) is 52.0 Å². The highest BCUT2D eigenvalue weighted by molar-refractivity contribution is 5.91. The maximum atomic E-state index is 13.8. The number of carbonyl (C=O) groups is 3. The number of rotatable bonds is 7. The minimum absolute atomic E-state index is 0.0303. The van der Waals surface area contributed by atoms with Crippen LogP contribution >= 0.6 is 0 Å². The molecule has 2 fully saturated rings. The molecule has 3 atom stereocenters. The zero-order valence-electron chi connectivity index (χ0n) is 22.3. The van der Waals surface area contributed by atoms with Crippen molar-refractivity contribution < 1.29 is 19.1 Å². The number of hydrogen-bond acceptors (Lipinski definition) is 5. The monoisotopic (exact) mass is 507 g/mol. The molecule has 0 radical (unpaired) electrons. The van der Waals surface area contributed by atoms with Gasteiger partial charge in [0, 0.05) is 13.6 Å². The predicted molar refractivity (Wildman–Crippen MR) is 140 cm³/mol. The Morgan fingerprint density at radius 2 is 1.73 bits per heavy atom. The Balaban J connectivity index is 1.61. The fraction of sp³-hybridized carbons (Fsp3) is 0.464. The van der Waals surface area contributed by atoms with Crippen LogP contribution in [0.2, 0.25) is 0 Å². The molecule has 3 unspecified atom stereocenters. The molecule has 2 saturated heterocycles. The molecular weight excluding hydrogens is 470 g/mol. The second-order valence-corrected chi connectivity index (χ2v) is 10.2. The summed E-state index contributed by atoms with van der Waals surface area (Å²) in [5.41, 5.74) is 1.94. The summed E-state index contributed by atoms with van der Waals surface area (Å²) >= 11 is 0. The Morgan fingerprint density at radius 3 is 2.35 bits per heavy atom. The number of ether oxygens (including phenoxy) is 1. The molecule has 4 rings (SSSR count). The van der Waals surface area contributed by atoms with Gasteiger partial charge in [-0.25, -0.2) is 14.8 Å². The van der Waals surface area contributed by atoms with Crippen molar-refractivity contribution in [1.82, 2.24) is 25.1 Å². The number of piperazine rings is 1. The highest BCUT2D eigenvalue weighted by Gasteiger charge is 2.51. The van der Waals surface area contributed by atoms with Crippen LogP contribution in [0.4, 0.5) is 4.79 Å². The van der Waals surface area contributed by atoms with E-state index >= 15 is 0 Å². The van der Waals surface area contributed by atoms with Crippen molar-refractivity contribution in [2.24, 2.45) is 5.92 Å². The van der Waals surface area contributed by atoms with Crippen LogP contribution in [-0.2, 0) is 16.1 Å². The Hall–Kier alpha value is -3.59. The zero-order valence-corrected chi connectivity index (χ0v) is 22.3. The summed E-state index contributed by atoms with van der Waals surface area (Å²) in [6.07, 6.45) is -0.0703. The first kappa shape index (κ1) is 26.5. The summed E-state index contributed by atoms with van der Waals surface area (Å²) in [5, 5.41) is 6.24. The number of amides is 4. The second kappa shape index (κ2) is 11.2. The van der Waals surface area contributed by atoms with E-state index in [-0.39, 0.29) is 42.9 Å². The average Bonchev–Trinajstić information content (AvgIpc) is 2.88. The fourth-order valence-corrected chi connectivity index (χ4v) is 5.20. The smallest absolute Gasteiger partial charge is 0.334 e. The summed E-state index contributed by atoms with van der Waals surface area (Å²) < 4.78 is 5.21. The van der Waals surface area contributed by atoms with Crippen molar-refractivity contribution in [3.8, 4) is 5.75 Å². The van der Waals surface area contributed by atoms with Gasteiger partial charge in [-0.1, -0.05) is 56.3 Å². The summed E-state index contributed by atoms with van der Waals surface area (Å²) in [7, 11) is 3.35. The minimum atomic E-state index is -0.622. The van der Waals surface area contributed by atoms with Gasteiger partial charge in [0.25, 0.3) is 0 Å². The maximum Gasteiger partial charge on any atom is 0.334 e. The Morgan fingerprint density at radius 1 is 1.05 bits per heavy atom. The summed E-state index contributed by atoms with van der Waals surface area (Å²) in [4.78, 5) is 44.1. The Bertz CT molecular complexity index is 1110. The highest BCUT2D eigenvalue weighted by Crippen LogP contribution is 2.33. The van der Waals surface area contributed by atoms with Crippen molar-refractivity contribution in [1.29, 1.82) is 0 Å².